The molecule has 0 spiro atoms. The van der Waals surface area contributed by atoms with Crippen molar-refractivity contribution < 1.29 is 37.0 Å². The molecule has 0 radical (unpaired) electrons. The third-order valence-corrected chi connectivity index (χ3v) is 5.51. The number of nitrogens with one attached hydrogen (secondary N) is 1. The summed E-state index contributed by atoms with van der Waals surface area (Å²) in [6.07, 6.45) is -2.74. The number of carbonyl (C=O) groups is 2. The number of amides is 1. The molecule has 2 aliphatic heterocycles. The van der Waals surface area contributed by atoms with Crippen LogP contribution in [0, 0.1) is 17.2 Å². The molecule has 2 aromatic heterocycles. The zero-order valence-corrected chi connectivity index (χ0v) is 16.6. The van der Waals surface area contributed by atoms with Gasteiger partial charge in [-0.3, -0.25) is 4.79 Å². The third kappa shape index (κ3) is 5.44. The van der Waals surface area contributed by atoms with Gasteiger partial charge < -0.3 is 20.1 Å². The van der Waals surface area contributed by atoms with Crippen LogP contribution in [0.4, 0.5) is 23.5 Å². The van der Waals surface area contributed by atoms with Gasteiger partial charge in [0, 0.05) is 36.3 Å². The van der Waals surface area contributed by atoms with E-state index in [0.29, 0.717) is 37.9 Å². The summed E-state index contributed by atoms with van der Waals surface area (Å²) in [4.78, 5) is 35.2. The molecule has 1 amide bonds. The minimum absolute atomic E-state index is 0.173. The van der Waals surface area contributed by atoms with Gasteiger partial charge in [0.05, 0.1) is 31.1 Å². The fourth-order valence-electron chi connectivity index (χ4n) is 3.37. The van der Waals surface area contributed by atoms with Gasteiger partial charge in [-0.15, -0.1) is 11.3 Å². The van der Waals surface area contributed by atoms with Crippen molar-refractivity contribution in [2.24, 2.45) is 11.3 Å². The van der Waals surface area contributed by atoms with Gasteiger partial charge in [0.25, 0.3) is 5.91 Å². The van der Waals surface area contributed by atoms with Crippen LogP contribution in [0.25, 0.3) is 0 Å². The average Bonchev–Trinajstić information content (AvgIpc) is 3.42. The number of hydrogen-bond donors (Lipinski definition) is 2. The highest BCUT2D eigenvalue weighted by molar-refractivity contribution is 7.07. The second-order valence-corrected chi connectivity index (χ2v) is 7.73. The molecular weight excluding hydrogens is 446 g/mol. The minimum atomic E-state index is -5.08. The molecule has 0 unspecified atom stereocenters. The van der Waals surface area contributed by atoms with Gasteiger partial charge in [-0.2, -0.15) is 13.2 Å². The Balaban J connectivity index is 0.000000339. The van der Waals surface area contributed by atoms with Crippen LogP contribution in [0.2, 0.25) is 0 Å². The van der Waals surface area contributed by atoms with E-state index in [1.807, 2.05) is 4.90 Å². The first-order chi connectivity index (χ1) is 14.6. The minimum Gasteiger partial charge on any atom is -0.475 e. The van der Waals surface area contributed by atoms with Gasteiger partial charge in [0.15, 0.2) is 5.82 Å². The molecule has 31 heavy (non-hydrogen) atoms. The number of thiazole rings is 1. The Morgan fingerprint density at radius 3 is 2.58 bits per heavy atom. The van der Waals surface area contributed by atoms with Crippen molar-refractivity contribution in [3.63, 3.8) is 0 Å². The second kappa shape index (κ2) is 9.09. The Hall–Kier alpha value is -2.87. The summed E-state index contributed by atoms with van der Waals surface area (Å²) in [5.74, 6) is -2.59. The van der Waals surface area contributed by atoms with E-state index in [0.717, 1.165) is 6.54 Å². The maximum Gasteiger partial charge on any atom is 0.490 e. The van der Waals surface area contributed by atoms with Crippen LogP contribution in [0.3, 0.4) is 0 Å². The number of nitrogens with zero attached hydrogens (tertiary/aromatic N) is 4. The highest BCUT2D eigenvalue weighted by Gasteiger charge is 2.51. The van der Waals surface area contributed by atoms with E-state index in [1.165, 1.54) is 23.7 Å². The SMILES string of the molecule is O=C(NC[C@]12COC[C@H]1CN(c1ncc(F)cn1)C2)c1cscn1.O=C(O)C(F)(F)F. The smallest absolute Gasteiger partial charge is 0.475 e. The first-order valence-corrected chi connectivity index (χ1v) is 9.82. The Morgan fingerprint density at radius 2 is 2.00 bits per heavy atom. The number of hydrogen-bond acceptors (Lipinski definition) is 8. The molecule has 168 valence electrons. The topological polar surface area (TPSA) is 118 Å². The van der Waals surface area contributed by atoms with E-state index < -0.39 is 18.0 Å². The zero-order chi connectivity index (χ0) is 22.6. The molecule has 0 aromatic carbocycles. The van der Waals surface area contributed by atoms with E-state index in [4.69, 9.17) is 14.6 Å². The van der Waals surface area contributed by atoms with Crippen LogP contribution in [-0.2, 0) is 9.53 Å². The van der Waals surface area contributed by atoms with Crippen molar-refractivity contribution in [1.29, 1.82) is 0 Å². The zero-order valence-electron chi connectivity index (χ0n) is 15.8. The molecule has 0 saturated carbocycles. The van der Waals surface area contributed by atoms with Crippen molar-refractivity contribution in [3.05, 3.63) is 34.8 Å². The molecule has 2 saturated heterocycles. The van der Waals surface area contributed by atoms with Gasteiger partial charge in [-0.25, -0.2) is 24.1 Å². The van der Waals surface area contributed by atoms with E-state index in [-0.39, 0.29) is 17.2 Å². The van der Waals surface area contributed by atoms with Crippen molar-refractivity contribution >= 4 is 29.2 Å². The molecule has 14 heteroatoms. The van der Waals surface area contributed by atoms with Crippen molar-refractivity contribution in [3.8, 4) is 0 Å². The fourth-order valence-corrected chi connectivity index (χ4v) is 3.91. The van der Waals surface area contributed by atoms with E-state index in [9.17, 15) is 22.4 Å². The summed E-state index contributed by atoms with van der Waals surface area (Å²) in [6.45, 7) is 3.13. The Morgan fingerprint density at radius 1 is 1.32 bits per heavy atom. The average molecular weight is 463 g/mol. The second-order valence-electron chi connectivity index (χ2n) is 7.02. The normalized spacial score (nSPS) is 22.5. The maximum atomic E-state index is 13.0. The van der Waals surface area contributed by atoms with Crippen LogP contribution in [0.5, 0.6) is 0 Å². The quantitative estimate of drug-likeness (QED) is 0.657. The molecule has 0 bridgehead atoms. The number of carbonyl (C=O) groups excluding carboxylic acids is 1. The van der Waals surface area contributed by atoms with Crippen molar-refractivity contribution in [2.75, 3.05) is 37.7 Å². The summed E-state index contributed by atoms with van der Waals surface area (Å²) in [5, 5.41) is 11.8. The number of halogens is 4. The first-order valence-electron chi connectivity index (χ1n) is 8.87. The summed E-state index contributed by atoms with van der Waals surface area (Å²) in [7, 11) is 0. The van der Waals surface area contributed by atoms with E-state index >= 15 is 0 Å². The Bertz CT molecular complexity index is 912. The molecule has 2 fully saturated rings. The lowest BCUT2D eigenvalue weighted by Crippen LogP contribution is -2.43. The number of aliphatic carboxylic acids is 1. The summed E-state index contributed by atoms with van der Waals surface area (Å²) in [5.41, 5.74) is 1.89. The highest BCUT2D eigenvalue weighted by Crippen LogP contribution is 2.41. The molecule has 4 heterocycles. The predicted octanol–water partition coefficient (Wildman–Crippen LogP) is 1.59. The van der Waals surface area contributed by atoms with Crippen LogP contribution in [-0.4, -0.2) is 71.0 Å². The number of ether oxygens (including phenoxy) is 1. The molecule has 0 aliphatic carbocycles. The molecule has 2 N–H and O–H groups in total. The number of rotatable bonds is 4. The largest absolute Gasteiger partial charge is 0.490 e. The van der Waals surface area contributed by atoms with E-state index in [1.54, 1.807) is 10.9 Å². The number of anilines is 1. The van der Waals surface area contributed by atoms with Gasteiger partial charge in [0.2, 0.25) is 5.95 Å². The van der Waals surface area contributed by atoms with E-state index in [2.05, 4.69) is 20.3 Å². The summed E-state index contributed by atoms with van der Waals surface area (Å²) in [6, 6.07) is 0. The lowest BCUT2D eigenvalue weighted by molar-refractivity contribution is -0.192. The molecule has 2 aromatic rings. The summed E-state index contributed by atoms with van der Waals surface area (Å²) >= 11 is 1.39. The molecular formula is C17H17F4N5O4S. The number of carboxylic acid groups (broad SMARTS) is 1. The van der Waals surface area contributed by atoms with Gasteiger partial charge >= 0.3 is 12.1 Å². The highest BCUT2D eigenvalue weighted by atomic mass is 32.1. The number of aromatic nitrogens is 3. The molecule has 2 atom stereocenters. The monoisotopic (exact) mass is 463 g/mol. The van der Waals surface area contributed by atoms with Crippen molar-refractivity contribution in [1.82, 2.24) is 20.3 Å². The van der Waals surface area contributed by atoms with Gasteiger partial charge in [-0.1, -0.05) is 0 Å². The standard InChI is InChI=1S/C15H16FN5O2S.C2HF3O2/c16-11-1-17-14(18-2-11)21-3-10-4-23-8-15(10,7-21)6-19-13(22)12-5-24-9-20-12;3-2(4,5)1(6)7/h1-2,5,9-10H,3-4,6-8H2,(H,19,22);(H,6,7)/t10-,15+;/m1./s1. The lowest BCUT2D eigenvalue weighted by Gasteiger charge is -2.27. The van der Waals surface area contributed by atoms with Crippen LogP contribution >= 0.6 is 11.3 Å². The maximum absolute atomic E-state index is 13.0. The number of alkyl halides is 3. The molecule has 2 aliphatic rings. The third-order valence-electron chi connectivity index (χ3n) is 4.92. The van der Waals surface area contributed by atoms with Crippen LogP contribution in [0.15, 0.2) is 23.3 Å². The van der Waals surface area contributed by atoms with Gasteiger partial charge in [-0.05, 0) is 0 Å². The fraction of sp³-hybridized carbons (Fsp3) is 0.471. The predicted molar refractivity (Wildman–Crippen MR) is 99.1 cm³/mol. The first kappa shape index (κ1) is 22.8. The summed E-state index contributed by atoms with van der Waals surface area (Å²) < 4.78 is 50.4. The Labute approximate surface area is 177 Å². The number of fused-ring (bicyclic) bond motifs is 1. The van der Waals surface area contributed by atoms with Crippen molar-refractivity contribution in [2.45, 2.75) is 6.18 Å². The Kier molecular flexibility index (Phi) is 6.69. The molecule has 4 rings (SSSR count). The number of carboxylic acids is 1. The molecule has 9 nitrogen and oxygen atoms in total. The van der Waals surface area contributed by atoms with Crippen LogP contribution < -0.4 is 10.2 Å². The van der Waals surface area contributed by atoms with Gasteiger partial charge in [0.1, 0.15) is 5.69 Å². The van der Waals surface area contributed by atoms with Crippen LogP contribution in [0.1, 0.15) is 10.5 Å². The lowest BCUT2D eigenvalue weighted by atomic mass is 9.81.